The Kier molecular flexibility index (Phi) is 7.03. The summed E-state index contributed by atoms with van der Waals surface area (Å²) in [4.78, 5) is 23.4. The standard InChI is InChI=1S/C21H20N2O4/c1-3-13-22-14-17-15(7-6-10-19(17)27-2)11-12-20(24)23-18-9-5-4-8-16(18)21(25)26/h4-12,22H,14H2,1-2H3,(H,23,24)(H,25,26)/b12-11+. The number of hydrogen-bond donors (Lipinski definition) is 3. The Bertz CT molecular complexity index is 923. The lowest BCUT2D eigenvalue weighted by Gasteiger charge is -2.11. The second-order valence-corrected chi connectivity index (χ2v) is 5.43. The highest BCUT2D eigenvalue weighted by molar-refractivity contribution is 6.06. The SMILES string of the molecule is CC#CNCc1c(/C=C/C(=O)Nc2ccccc2C(=O)O)cccc1OC. The van der Waals surface area contributed by atoms with Crippen LogP contribution in [0.4, 0.5) is 5.69 Å². The molecule has 0 bridgehead atoms. The highest BCUT2D eigenvalue weighted by Crippen LogP contribution is 2.23. The molecule has 0 unspecified atom stereocenters. The first kappa shape index (κ1) is 19.6. The van der Waals surface area contributed by atoms with Crippen LogP contribution in [0.25, 0.3) is 6.08 Å². The van der Waals surface area contributed by atoms with Crippen molar-refractivity contribution in [2.24, 2.45) is 0 Å². The molecule has 2 rings (SSSR count). The maximum Gasteiger partial charge on any atom is 0.337 e. The van der Waals surface area contributed by atoms with Crippen LogP contribution in [0.3, 0.4) is 0 Å². The summed E-state index contributed by atoms with van der Waals surface area (Å²) in [5.74, 6) is 1.90. The van der Waals surface area contributed by atoms with Gasteiger partial charge < -0.3 is 20.5 Å². The highest BCUT2D eigenvalue weighted by atomic mass is 16.5. The van der Waals surface area contributed by atoms with Gasteiger partial charge in [-0.25, -0.2) is 4.79 Å². The largest absolute Gasteiger partial charge is 0.496 e. The molecule has 0 aliphatic heterocycles. The first-order valence-corrected chi connectivity index (χ1v) is 8.18. The van der Waals surface area contributed by atoms with E-state index in [1.54, 1.807) is 38.3 Å². The van der Waals surface area contributed by atoms with Gasteiger partial charge in [-0.15, -0.1) is 0 Å². The summed E-state index contributed by atoms with van der Waals surface area (Å²) >= 11 is 0. The Morgan fingerprint density at radius 3 is 2.67 bits per heavy atom. The van der Waals surface area contributed by atoms with Crippen molar-refractivity contribution < 1.29 is 19.4 Å². The molecule has 0 fully saturated rings. The van der Waals surface area contributed by atoms with Gasteiger partial charge in [-0.3, -0.25) is 4.79 Å². The number of carboxylic acids is 1. The zero-order valence-corrected chi connectivity index (χ0v) is 15.1. The van der Waals surface area contributed by atoms with Gasteiger partial charge >= 0.3 is 5.97 Å². The average molecular weight is 364 g/mol. The Hall–Kier alpha value is -3.72. The number of carbonyl (C=O) groups is 2. The van der Waals surface area contributed by atoms with Crippen molar-refractivity contribution in [1.82, 2.24) is 5.32 Å². The Labute approximate surface area is 157 Å². The van der Waals surface area contributed by atoms with E-state index in [9.17, 15) is 14.7 Å². The summed E-state index contributed by atoms with van der Waals surface area (Å²) in [5.41, 5.74) is 1.92. The molecule has 0 radical (unpaired) electrons. The number of para-hydroxylation sites is 1. The lowest BCUT2D eigenvalue weighted by atomic mass is 10.1. The van der Waals surface area contributed by atoms with Gasteiger partial charge in [0.1, 0.15) is 5.75 Å². The molecule has 3 N–H and O–H groups in total. The van der Waals surface area contributed by atoms with Crippen LogP contribution in [0.15, 0.2) is 48.5 Å². The van der Waals surface area contributed by atoms with Gasteiger partial charge in [0.25, 0.3) is 0 Å². The molecule has 1 amide bonds. The molecule has 0 heterocycles. The lowest BCUT2D eigenvalue weighted by molar-refractivity contribution is -0.111. The number of amides is 1. The van der Waals surface area contributed by atoms with Crippen LogP contribution >= 0.6 is 0 Å². The number of anilines is 1. The summed E-state index contributed by atoms with van der Waals surface area (Å²) in [5, 5.41) is 14.7. The van der Waals surface area contributed by atoms with Gasteiger partial charge in [-0.2, -0.15) is 0 Å². The molecule has 6 nitrogen and oxygen atoms in total. The van der Waals surface area contributed by atoms with Gasteiger partial charge in [0.2, 0.25) is 5.91 Å². The third-order valence-corrected chi connectivity index (χ3v) is 3.70. The van der Waals surface area contributed by atoms with Crippen LogP contribution in [0.5, 0.6) is 5.75 Å². The predicted molar refractivity (Wildman–Crippen MR) is 104 cm³/mol. The molecule has 0 aliphatic carbocycles. The minimum Gasteiger partial charge on any atom is -0.496 e. The molecule has 27 heavy (non-hydrogen) atoms. The molecule has 0 saturated carbocycles. The van der Waals surface area contributed by atoms with E-state index in [0.29, 0.717) is 12.3 Å². The van der Waals surface area contributed by atoms with Crippen molar-refractivity contribution in [2.75, 3.05) is 12.4 Å². The molecule has 0 saturated heterocycles. The molecule has 2 aromatic rings. The van der Waals surface area contributed by atoms with Gasteiger partial charge in [0.05, 0.1) is 24.9 Å². The molecule has 0 aromatic heterocycles. The van der Waals surface area contributed by atoms with Crippen molar-refractivity contribution in [3.05, 3.63) is 65.2 Å². The van der Waals surface area contributed by atoms with Crippen LogP contribution in [0.2, 0.25) is 0 Å². The van der Waals surface area contributed by atoms with E-state index in [-0.39, 0.29) is 11.3 Å². The zero-order chi connectivity index (χ0) is 19.6. The minimum absolute atomic E-state index is 0.0312. The summed E-state index contributed by atoms with van der Waals surface area (Å²) in [7, 11) is 1.58. The molecule has 0 aliphatic rings. The first-order chi connectivity index (χ1) is 13.1. The van der Waals surface area contributed by atoms with Crippen LogP contribution in [-0.4, -0.2) is 24.1 Å². The Morgan fingerprint density at radius 2 is 1.96 bits per heavy atom. The number of aromatic carboxylic acids is 1. The number of methoxy groups -OCH3 is 1. The highest BCUT2D eigenvalue weighted by Gasteiger charge is 2.11. The molecule has 0 atom stereocenters. The number of rotatable bonds is 7. The fraction of sp³-hybridized carbons (Fsp3) is 0.143. The second kappa shape index (κ2) is 9.68. The van der Waals surface area contributed by atoms with Crippen molar-refractivity contribution >= 4 is 23.6 Å². The third kappa shape index (κ3) is 5.38. The first-order valence-electron chi connectivity index (χ1n) is 8.18. The van der Waals surface area contributed by atoms with E-state index in [1.807, 2.05) is 18.2 Å². The summed E-state index contributed by atoms with van der Waals surface area (Å²) in [6.45, 7) is 2.18. The third-order valence-electron chi connectivity index (χ3n) is 3.70. The lowest BCUT2D eigenvalue weighted by Crippen LogP contribution is -2.12. The number of carbonyl (C=O) groups excluding carboxylic acids is 1. The second-order valence-electron chi connectivity index (χ2n) is 5.43. The number of nitrogens with one attached hydrogen (secondary N) is 2. The molecular weight excluding hydrogens is 344 g/mol. The maximum absolute atomic E-state index is 12.2. The van der Waals surface area contributed by atoms with Crippen molar-refractivity contribution in [3.8, 4) is 17.7 Å². The van der Waals surface area contributed by atoms with Gasteiger partial charge in [-0.1, -0.05) is 30.2 Å². The predicted octanol–water partition coefficient (Wildman–Crippen LogP) is 3.12. The molecular formula is C21H20N2O4. The van der Waals surface area contributed by atoms with Crippen LogP contribution in [-0.2, 0) is 11.3 Å². The smallest absolute Gasteiger partial charge is 0.337 e. The fourth-order valence-corrected chi connectivity index (χ4v) is 2.46. The topological polar surface area (TPSA) is 87.7 Å². The monoisotopic (exact) mass is 364 g/mol. The Balaban J connectivity index is 2.20. The van der Waals surface area contributed by atoms with Crippen LogP contribution < -0.4 is 15.4 Å². The van der Waals surface area contributed by atoms with Crippen LogP contribution in [0.1, 0.15) is 28.4 Å². The number of ether oxygens (including phenoxy) is 1. The van der Waals surface area contributed by atoms with E-state index in [1.165, 1.54) is 12.1 Å². The normalized spacial score (nSPS) is 10.0. The van der Waals surface area contributed by atoms with E-state index < -0.39 is 11.9 Å². The summed E-state index contributed by atoms with van der Waals surface area (Å²) < 4.78 is 5.37. The van der Waals surface area contributed by atoms with Crippen LogP contribution in [0, 0.1) is 12.0 Å². The maximum atomic E-state index is 12.2. The van der Waals surface area contributed by atoms with E-state index in [0.717, 1.165) is 11.1 Å². The zero-order valence-electron chi connectivity index (χ0n) is 15.1. The Morgan fingerprint density at radius 1 is 1.19 bits per heavy atom. The van der Waals surface area contributed by atoms with Crippen molar-refractivity contribution in [3.63, 3.8) is 0 Å². The number of carboxylic acid groups (broad SMARTS) is 1. The average Bonchev–Trinajstić information content (AvgIpc) is 2.67. The van der Waals surface area contributed by atoms with E-state index >= 15 is 0 Å². The quantitative estimate of drug-likeness (QED) is 0.399. The molecule has 2 aromatic carbocycles. The van der Waals surface area contributed by atoms with Crippen molar-refractivity contribution in [1.29, 1.82) is 0 Å². The summed E-state index contributed by atoms with van der Waals surface area (Å²) in [6, 6.07) is 14.5. The molecule has 138 valence electrons. The van der Waals surface area contributed by atoms with Gasteiger partial charge in [0, 0.05) is 17.7 Å². The molecule has 6 heteroatoms. The number of hydrogen-bond acceptors (Lipinski definition) is 4. The van der Waals surface area contributed by atoms with Gasteiger partial charge in [0.15, 0.2) is 0 Å². The van der Waals surface area contributed by atoms with E-state index in [4.69, 9.17) is 4.74 Å². The minimum atomic E-state index is -1.10. The summed E-state index contributed by atoms with van der Waals surface area (Å²) in [6.07, 6.45) is 3.00. The van der Waals surface area contributed by atoms with Crippen molar-refractivity contribution in [2.45, 2.75) is 13.5 Å². The van der Waals surface area contributed by atoms with Gasteiger partial charge in [-0.05, 0) is 36.8 Å². The van der Waals surface area contributed by atoms with E-state index in [2.05, 4.69) is 22.6 Å². The fourth-order valence-electron chi connectivity index (χ4n) is 2.46. The number of benzene rings is 2. The molecule has 0 spiro atoms.